The third kappa shape index (κ3) is 5.17. The van der Waals surface area contributed by atoms with Crippen molar-refractivity contribution >= 4 is 78.9 Å². The molecule has 0 amide bonds. The second-order valence-electron chi connectivity index (χ2n) is 16.0. The zero-order valence-corrected chi connectivity index (χ0v) is 32.7. The lowest BCUT2D eigenvalue weighted by molar-refractivity contribution is 0.590. The molecule has 0 aromatic heterocycles. The molecule has 0 unspecified atom stereocenters. The zero-order chi connectivity index (χ0) is 36.8. The minimum atomic E-state index is 0.0834. The van der Waals surface area contributed by atoms with Crippen LogP contribution >= 0.6 is 23.5 Å². The van der Waals surface area contributed by atoms with Crippen molar-refractivity contribution in [1.29, 1.82) is 0 Å². The maximum Gasteiger partial charge on any atom is 0.247 e. The van der Waals surface area contributed by atoms with Gasteiger partial charge < -0.3 is 0 Å². The minimum absolute atomic E-state index is 0.0834. The molecule has 0 bridgehead atoms. The van der Waals surface area contributed by atoms with Crippen LogP contribution < -0.4 is 16.4 Å². The summed E-state index contributed by atoms with van der Waals surface area (Å²) in [6.45, 7) is 7.19. The summed E-state index contributed by atoms with van der Waals surface area (Å²) in [7, 11) is 0. The van der Waals surface area contributed by atoms with Gasteiger partial charge in [0.1, 0.15) is 0 Å². The zero-order valence-electron chi connectivity index (χ0n) is 31.1. The van der Waals surface area contributed by atoms with E-state index < -0.39 is 0 Å². The highest BCUT2D eigenvalue weighted by Gasteiger charge is 2.39. The Hall–Kier alpha value is -5.48. The van der Waals surface area contributed by atoms with Crippen LogP contribution in [0.5, 0.6) is 0 Å². The van der Waals surface area contributed by atoms with E-state index >= 15 is 0 Å². The van der Waals surface area contributed by atoms with Crippen LogP contribution in [0.2, 0.25) is 0 Å². The van der Waals surface area contributed by atoms with Gasteiger partial charge >= 0.3 is 0 Å². The molecule has 11 rings (SSSR count). The SMILES string of the molecule is CC(C)(C)c1ccc2c(c1)B1c3ccccc3Sc3cc(-c4c5ccccc5c(-c5ccc(-c6ccccc6)c6ccccc56)c5ccccc45)cc(c31)S2. The fourth-order valence-corrected chi connectivity index (χ4v) is 11.6. The quantitative estimate of drug-likeness (QED) is 0.131. The third-order valence-corrected chi connectivity index (χ3v) is 14.0. The molecular formula is C52H37BS2. The number of fused-ring (bicyclic) bond motifs is 7. The van der Waals surface area contributed by atoms with Gasteiger partial charge in [0, 0.05) is 19.6 Å². The summed E-state index contributed by atoms with van der Waals surface area (Å²) in [6.07, 6.45) is 0. The molecule has 0 radical (unpaired) electrons. The van der Waals surface area contributed by atoms with Crippen molar-refractivity contribution in [3.63, 3.8) is 0 Å². The molecule has 260 valence electrons. The fraction of sp³-hybridized carbons (Fsp3) is 0.0769. The molecule has 55 heavy (non-hydrogen) atoms. The third-order valence-electron chi connectivity index (χ3n) is 11.7. The van der Waals surface area contributed by atoms with Gasteiger partial charge in [0.15, 0.2) is 0 Å². The molecule has 0 saturated carbocycles. The van der Waals surface area contributed by atoms with Crippen molar-refractivity contribution in [2.24, 2.45) is 0 Å². The predicted octanol–water partition coefficient (Wildman–Crippen LogP) is 12.9. The Labute approximate surface area is 331 Å². The van der Waals surface area contributed by atoms with E-state index in [1.165, 1.54) is 107 Å². The van der Waals surface area contributed by atoms with E-state index in [9.17, 15) is 0 Å². The van der Waals surface area contributed by atoms with Gasteiger partial charge in [-0.25, -0.2) is 0 Å². The summed E-state index contributed by atoms with van der Waals surface area (Å²) >= 11 is 3.89. The molecule has 0 fully saturated rings. The van der Waals surface area contributed by atoms with E-state index in [2.05, 4.69) is 191 Å². The summed E-state index contributed by atoms with van der Waals surface area (Å²) < 4.78 is 0. The van der Waals surface area contributed by atoms with Crippen LogP contribution in [0.4, 0.5) is 0 Å². The molecule has 2 aliphatic heterocycles. The molecule has 0 spiro atoms. The Bertz CT molecular complexity index is 2950. The first-order chi connectivity index (χ1) is 26.9. The maximum atomic E-state index is 2.50. The second kappa shape index (κ2) is 12.5. The summed E-state index contributed by atoms with van der Waals surface area (Å²) in [5, 5.41) is 7.68. The van der Waals surface area contributed by atoms with E-state index in [-0.39, 0.29) is 12.1 Å². The predicted molar refractivity (Wildman–Crippen MR) is 240 cm³/mol. The van der Waals surface area contributed by atoms with Crippen LogP contribution in [0.15, 0.2) is 189 Å². The normalized spacial score (nSPS) is 13.2. The molecule has 0 atom stereocenters. The summed E-state index contributed by atoms with van der Waals surface area (Å²) in [6, 6.07) is 63.9. The Morgan fingerprint density at radius 3 is 1.53 bits per heavy atom. The van der Waals surface area contributed by atoms with Gasteiger partial charge in [0.25, 0.3) is 0 Å². The van der Waals surface area contributed by atoms with E-state index in [1.54, 1.807) is 0 Å². The topological polar surface area (TPSA) is 0 Å². The first-order valence-corrected chi connectivity index (χ1v) is 20.8. The Balaban J connectivity index is 1.16. The second-order valence-corrected chi connectivity index (χ2v) is 18.1. The summed E-state index contributed by atoms with van der Waals surface area (Å²) in [5.41, 5.74) is 13.5. The van der Waals surface area contributed by atoms with Gasteiger partial charge in [-0.15, -0.1) is 0 Å². The number of rotatable bonds is 3. The lowest BCUT2D eigenvalue weighted by Gasteiger charge is -2.34. The largest absolute Gasteiger partial charge is 0.247 e. The van der Waals surface area contributed by atoms with Gasteiger partial charge in [-0.3, -0.25) is 0 Å². The summed E-state index contributed by atoms with van der Waals surface area (Å²) in [4.78, 5) is 5.47. The van der Waals surface area contributed by atoms with Gasteiger partial charge in [0.2, 0.25) is 6.71 Å². The molecule has 2 heterocycles. The highest BCUT2D eigenvalue weighted by molar-refractivity contribution is 8.01. The number of hydrogen-bond acceptors (Lipinski definition) is 2. The lowest BCUT2D eigenvalue weighted by Crippen LogP contribution is -2.58. The molecular weight excluding hydrogens is 700 g/mol. The molecule has 0 N–H and O–H groups in total. The highest BCUT2D eigenvalue weighted by atomic mass is 32.2. The van der Waals surface area contributed by atoms with Crippen molar-refractivity contribution < 1.29 is 0 Å². The molecule has 9 aromatic rings. The van der Waals surface area contributed by atoms with Gasteiger partial charge in [0.05, 0.1) is 0 Å². The minimum Gasteiger partial charge on any atom is -0.0911 e. The van der Waals surface area contributed by atoms with E-state index in [0.717, 1.165) is 0 Å². The fourth-order valence-electron chi connectivity index (χ4n) is 9.18. The van der Waals surface area contributed by atoms with Gasteiger partial charge in [-0.05, 0) is 106 Å². The standard InChI is InChI=1S/C52H37BS2/c1-52(2,3)34-25-28-46-44(31-34)53-43-23-13-14-24-45(43)54-47-29-33(30-48(55-46)51(47)53)49-38-19-9-11-21-40(38)50(41-22-12-10-20-39(41)49)42-27-26-35(32-15-5-4-6-16-32)36-17-7-8-18-37(36)42/h4-31H,1-3H3. The Kier molecular flexibility index (Phi) is 7.50. The van der Waals surface area contributed by atoms with Crippen LogP contribution in [0.3, 0.4) is 0 Å². The van der Waals surface area contributed by atoms with Crippen molar-refractivity contribution in [2.75, 3.05) is 0 Å². The molecule has 2 aliphatic rings. The average molecular weight is 737 g/mol. The lowest BCUT2D eigenvalue weighted by atomic mass is 9.36. The van der Waals surface area contributed by atoms with Crippen LogP contribution in [0.1, 0.15) is 26.3 Å². The van der Waals surface area contributed by atoms with Gasteiger partial charge in [-0.2, -0.15) is 0 Å². The molecule has 0 saturated heterocycles. The van der Waals surface area contributed by atoms with Crippen LogP contribution in [0.25, 0.3) is 65.7 Å². The average Bonchev–Trinajstić information content (AvgIpc) is 3.22. The molecule has 3 heteroatoms. The van der Waals surface area contributed by atoms with Crippen LogP contribution in [-0.4, -0.2) is 6.71 Å². The van der Waals surface area contributed by atoms with Crippen molar-refractivity contribution in [2.45, 2.75) is 45.8 Å². The Morgan fingerprint density at radius 2 is 0.891 bits per heavy atom. The molecule has 9 aromatic carbocycles. The van der Waals surface area contributed by atoms with E-state index in [4.69, 9.17) is 0 Å². The van der Waals surface area contributed by atoms with Crippen LogP contribution in [0, 0.1) is 0 Å². The monoisotopic (exact) mass is 736 g/mol. The Morgan fingerprint density at radius 1 is 0.382 bits per heavy atom. The van der Waals surface area contributed by atoms with Crippen molar-refractivity contribution in [1.82, 2.24) is 0 Å². The van der Waals surface area contributed by atoms with Gasteiger partial charge in [-0.1, -0.05) is 201 Å². The van der Waals surface area contributed by atoms with E-state index in [1.807, 2.05) is 23.5 Å². The highest BCUT2D eigenvalue weighted by Crippen LogP contribution is 2.48. The van der Waals surface area contributed by atoms with Crippen LogP contribution in [-0.2, 0) is 5.41 Å². The first-order valence-electron chi connectivity index (χ1n) is 19.2. The first kappa shape index (κ1) is 32.9. The van der Waals surface area contributed by atoms with Crippen molar-refractivity contribution in [3.8, 4) is 33.4 Å². The number of benzene rings is 9. The summed E-state index contributed by atoms with van der Waals surface area (Å²) in [5.74, 6) is 0. The molecule has 0 nitrogen and oxygen atoms in total. The smallest absolute Gasteiger partial charge is 0.0911 e. The van der Waals surface area contributed by atoms with Crippen molar-refractivity contribution in [3.05, 3.63) is 175 Å². The molecule has 0 aliphatic carbocycles. The van der Waals surface area contributed by atoms with E-state index in [0.29, 0.717) is 0 Å². The maximum absolute atomic E-state index is 2.50. The number of hydrogen-bond donors (Lipinski definition) is 0.